The lowest BCUT2D eigenvalue weighted by Gasteiger charge is -2.34. The Morgan fingerprint density at radius 3 is 2.69 bits per heavy atom. The van der Waals surface area contributed by atoms with Crippen molar-refractivity contribution in [2.75, 3.05) is 30.5 Å². The average Bonchev–Trinajstić information content (AvgIpc) is 2.79. The fourth-order valence-electron chi connectivity index (χ4n) is 3.25. The monoisotopic (exact) mass is 440 g/mol. The molecule has 1 aliphatic heterocycles. The van der Waals surface area contributed by atoms with Crippen LogP contribution in [0.3, 0.4) is 0 Å². The van der Waals surface area contributed by atoms with Crippen LogP contribution in [0.1, 0.15) is 11.1 Å². The highest BCUT2D eigenvalue weighted by molar-refractivity contribution is 6.04. The molecule has 1 heterocycles. The summed E-state index contributed by atoms with van der Waals surface area (Å²) < 4.78 is 10.1. The maximum absolute atomic E-state index is 13.0. The fraction of sp³-hybridized carbons (Fsp3) is 0.273. The summed E-state index contributed by atoms with van der Waals surface area (Å²) in [5.74, 6) is -1.89. The van der Waals surface area contributed by atoms with E-state index in [9.17, 15) is 19.5 Å². The van der Waals surface area contributed by atoms with Gasteiger partial charge in [0, 0.05) is 23.5 Å². The van der Waals surface area contributed by atoms with E-state index >= 15 is 0 Å². The molecule has 0 radical (unpaired) electrons. The molecule has 3 rings (SSSR count). The number of nitrogen functional groups attached to an aromatic ring is 1. The van der Waals surface area contributed by atoms with Gasteiger partial charge in [0.05, 0.1) is 20.1 Å². The number of aliphatic hydroxyl groups excluding tert-OH is 1. The number of amides is 2. The minimum absolute atomic E-state index is 0.0553. The van der Waals surface area contributed by atoms with Gasteiger partial charge >= 0.3 is 5.97 Å². The molecule has 10 nitrogen and oxygen atoms in total. The number of esters is 1. The largest absolute Gasteiger partial charge is 0.469 e. The molecule has 0 bridgehead atoms. The summed E-state index contributed by atoms with van der Waals surface area (Å²) in [6.07, 6.45) is -3.07. The molecule has 1 fully saturated rings. The Bertz CT molecular complexity index is 1020. The number of morpholine rings is 1. The van der Waals surface area contributed by atoms with Crippen LogP contribution in [-0.4, -0.2) is 61.2 Å². The number of carbonyl (C=O) groups is 3. The van der Waals surface area contributed by atoms with Gasteiger partial charge in [-0.2, -0.15) is 0 Å². The normalized spacial score (nSPS) is 16.9. The van der Waals surface area contributed by atoms with Crippen molar-refractivity contribution in [2.24, 2.45) is 5.73 Å². The first-order chi connectivity index (χ1) is 15.3. The maximum Gasteiger partial charge on any atom is 0.309 e. The summed E-state index contributed by atoms with van der Waals surface area (Å²) in [5.41, 5.74) is 7.45. The van der Waals surface area contributed by atoms with Gasteiger partial charge in [-0.15, -0.1) is 0 Å². The average molecular weight is 440 g/mol. The van der Waals surface area contributed by atoms with Crippen molar-refractivity contribution >= 4 is 35.0 Å². The lowest BCUT2D eigenvalue weighted by atomic mass is 10.1. The number of benzene rings is 2. The van der Waals surface area contributed by atoms with Gasteiger partial charge in [-0.1, -0.05) is 12.1 Å². The number of methoxy groups -OCH3 is 1. The summed E-state index contributed by atoms with van der Waals surface area (Å²) in [4.78, 5) is 38.4. The maximum atomic E-state index is 13.0. The zero-order valence-corrected chi connectivity index (χ0v) is 17.4. The van der Waals surface area contributed by atoms with Crippen molar-refractivity contribution in [1.29, 1.82) is 5.41 Å². The second-order valence-corrected chi connectivity index (χ2v) is 7.13. The Balaban J connectivity index is 1.70. The van der Waals surface area contributed by atoms with Crippen molar-refractivity contribution < 1.29 is 29.0 Å². The van der Waals surface area contributed by atoms with Crippen LogP contribution in [0, 0.1) is 5.41 Å². The van der Waals surface area contributed by atoms with E-state index in [1.54, 1.807) is 36.4 Å². The second-order valence-electron chi connectivity index (χ2n) is 7.13. The fourth-order valence-corrected chi connectivity index (χ4v) is 3.25. The molecule has 168 valence electrons. The van der Waals surface area contributed by atoms with Crippen LogP contribution in [-0.2, 0) is 30.3 Å². The van der Waals surface area contributed by atoms with Gasteiger partial charge in [0.25, 0.3) is 11.8 Å². The highest BCUT2D eigenvalue weighted by atomic mass is 16.5. The van der Waals surface area contributed by atoms with E-state index in [1.165, 1.54) is 24.1 Å². The lowest BCUT2D eigenvalue weighted by molar-refractivity contribution is -0.150. The van der Waals surface area contributed by atoms with Crippen LogP contribution in [0.4, 0.5) is 11.4 Å². The number of amidine groups is 1. The van der Waals surface area contributed by atoms with Gasteiger partial charge in [0.1, 0.15) is 5.84 Å². The number of carbonyl (C=O) groups excluding carboxylic acids is 3. The van der Waals surface area contributed by atoms with E-state index in [2.05, 4.69) is 10.1 Å². The molecule has 2 aromatic carbocycles. The number of hydrogen-bond acceptors (Lipinski definition) is 7. The topological polar surface area (TPSA) is 155 Å². The van der Waals surface area contributed by atoms with Crippen LogP contribution in [0.2, 0.25) is 0 Å². The molecule has 0 saturated carbocycles. The molecule has 10 heteroatoms. The molecule has 0 aliphatic carbocycles. The summed E-state index contributed by atoms with van der Waals surface area (Å²) >= 11 is 0. The Kier molecular flexibility index (Phi) is 7.18. The highest BCUT2D eigenvalue weighted by Crippen LogP contribution is 2.22. The summed E-state index contributed by atoms with van der Waals surface area (Å²) in [6.45, 7) is 0.354. The highest BCUT2D eigenvalue weighted by Gasteiger charge is 2.39. The van der Waals surface area contributed by atoms with Gasteiger partial charge in [0.2, 0.25) is 0 Å². The van der Waals surface area contributed by atoms with E-state index in [4.69, 9.17) is 15.9 Å². The Morgan fingerprint density at radius 1 is 1.31 bits per heavy atom. The molecule has 5 N–H and O–H groups in total. The van der Waals surface area contributed by atoms with Gasteiger partial charge in [-0.25, -0.2) is 0 Å². The number of hydrogen-bond donors (Lipinski definition) is 4. The SMILES string of the molecule is COC(=O)Cc1cccc(N2CCOC(C(O)C(=O)Nc3ccc(C(=N)N)cc3)C2=O)c1. The minimum atomic E-state index is -1.74. The number of nitrogens with two attached hydrogens (primary N) is 1. The third-order valence-electron chi connectivity index (χ3n) is 4.94. The van der Waals surface area contributed by atoms with Gasteiger partial charge in [0.15, 0.2) is 12.2 Å². The second kappa shape index (κ2) is 10.0. The third kappa shape index (κ3) is 5.29. The number of nitrogens with one attached hydrogen (secondary N) is 2. The van der Waals surface area contributed by atoms with E-state index in [-0.39, 0.29) is 25.4 Å². The smallest absolute Gasteiger partial charge is 0.309 e. The van der Waals surface area contributed by atoms with Gasteiger partial charge in [-0.3, -0.25) is 19.8 Å². The Labute approximate surface area is 184 Å². The van der Waals surface area contributed by atoms with E-state index < -0.39 is 30.0 Å². The van der Waals surface area contributed by atoms with Crippen molar-refractivity contribution in [3.8, 4) is 0 Å². The predicted molar refractivity (Wildman–Crippen MR) is 116 cm³/mol. The molecular formula is C22H24N4O6. The molecular weight excluding hydrogens is 416 g/mol. The molecule has 2 atom stereocenters. The number of anilines is 2. The molecule has 2 amide bonds. The molecule has 2 aromatic rings. The quantitative estimate of drug-likeness (QED) is 0.276. The number of nitrogens with zero attached hydrogens (tertiary/aromatic N) is 1. The number of rotatable bonds is 7. The predicted octanol–water partition coefficient (Wildman–Crippen LogP) is 0.418. The van der Waals surface area contributed by atoms with E-state index in [0.29, 0.717) is 22.5 Å². The molecule has 32 heavy (non-hydrogen) atoms. The summed E-state index contributed by atoms with van der Waals surface area (Å²) in [6, 6.07) is 13.0. The van der Waals surface area contributed by atoms with Crippen molar-refractivity contribution in [1.82, 2.24) is 0 Å². The van der Waals surface area contributed by atoms with E-state index in [0.717, 1.165) is 0 Å². The third-order valence-corrected chi connectivity index (χ3v) is 4.94. The number of aliphatic hydroxyl groups is 1. The Morgan fingerprint density at radius 2 is 2.03 bits per heavy atom. The van der Waals surface area contributed by atoms with Crippen LogP contribution in [0.15, 0.2) is 48.5 Å². The van der Waals surface area contributed by atoms with Gasteiger partial charge in [-0.05, 0) is 42.0 Å². The zero-order valence-electron chi connectivity index (χ0n) is 17.4. The summed E-state index contributed by atoms with van der Waals surface area (Å²) in [5, 5.41) is 20.4. The molecule has 2 unspecified atom stereocenters. The van der Waals surface area contributed by atoms with Crippen LogP contribution in [0.5, 0.6) is 0 Å². The first kappa shape index (κ1) is 22.9. The van der Waals surface area contributed by atoms with Gasteiger partial charge < -0.3 is 30.5 Å². The Hall–Kier alpha value is -3.76. The van der Waals surface area contributed by atoms with Crippen LogP contribution in [0.25, 0.3) is 0 Å². The lowest BCUT2D eigenvalue weighted by Crippen LogP contribution is -2.55. The van der Waals surface area contributed by atoms with Crippen LogP contribution >= 0.6 is 0 Å². The number of ether oxygens (including phenoxy) is 2. The van der Waals surface area contributed by atoms with Crippen molar-refractivity contribution in [3.63, 3.8) is 0 Å². The molecule has 1 saturated heterocycles. The first-order valence-electron chi connectivity index (χ1n) is 9.82. The zero-order chi connectivity index (χ0) is 23.3. The van der Waals surface area contributed by atoms with E-state index in [1.807, 2.05) is 0 Å². The first-order valence-corrected chi connectivity index (χ1v) is 9.82. The minimum Gasteiger partial charge on any atom is -0.469 e. The summed E-state index contributed by atoms with van der Waals surface area (Å²) in [7, 11) is 1.30. The van der Waals surface area contributed by atoms with Crippen molar-refractivity contribution in [3.05, 3.63) is 59.7 Å². The standard InChI is InChI=1S/C22H24N4O6/c1-31-17(27)12-13-3-2-4-16(11-13)26-9-10-32-19(22(26)30)18(28)21(29)25-15-7-5-14(6-8-15)20(23)24/h2-8,11,18-19,28H,9-10,12H2,1H3,(H3,23,24)(H,25,29). The van der Waals surface area contributed by atoms with Crippen molar-refractivity contribution in [2.45, 2.75) is 18.6 Å². The molecule has 1 aliphatic rings. The molecule has 0 spiro atoms. The molecule has 0 aromatic heterocycles. The van der Waals surface area contributed by atoms with Crippen LogP contribution < -0.4 is 16.0 Å².